The first-order valence-electron chi connectivity index (χ1n) is 6.89. The molecule has 1 unspecified atom stereocenters. The van der Waals surface area contributed by atoms with E-state index in [1.807, 2.05) is 30.0 Å². The molecular formula is C15H24N2OS. The Kier molecular flexibility index (Phi) is 8.34. The van der Waals surface area contributed by atoms with Crippen LogP contribution in [0.3, 0.4) is 0 Å². The van der Waals surface area contributed by atoms with Gasteiger partial charge in [-0.3, -0.25) is 4.79 Å². The maximum atomic E-state index is 11.7. The molecule has 1 aromatic rings. The van der Waals surface area contributed by atoms with Crippen molar-refractivity contribution < 1.29 is 4.79 Å². The minimum absolute atomic E-state index is 0.0234. The fraction of sp³-hybridized carbons (Fsp3) is 0.533. The van der Waals surface area contributed by atoms with Gasteiger partial charge in [0.1, 0.15) is 0 Å². The van der Waals surface area contributed by atoms with Gasteiger partial charge in [-0.25, -0.2) is 0 Å². The fourth-order valence-corrected chi connectivity index (χ4v) is 2.47. The van der Waals surface area contributed by atoms with Crippen molar-refractivity contribution in [2.24, 2.45) is 5.73 Å². The van der Waals surface area contributed by atoms with Crippen molar-refractivity contribution in [1.29, 1.82) is 0 Å². The molecule has 0 fully saturated rings. The summed E-state index contributed by atoms with van der Waals surface area (Å²) in [6.45, 7) is 2.81. The predicted molar refractivity (Wildman–Crippen MR) is 83.4 cm³/mol. The number of amides is 1. The first kappa shape index (κ1) is 16.1. The zero-order valence-electron chi connectivity index (χ0n) is 11.6. The second-order valence-corrected chi connectivity index (χ2v) is 5.87. The van der Waals surface area contributed by atoms with Gasteiger partial charge in [-0.05, 0) is 36.3 Å². The number of rotatable bonds is 9. The smallest absolute Gasteiger partial charge is 0.236 e. The summed E-state index contributed by atoms with van der Waals surface area (Å²) < 4.78 is 0. The van der Waals surface area contributed by atoms with Crippen molar-refractivity contribution in [2.45, 2.75) is 32.2 Å². The molecule has 106 valence electrons. The van der Waals surface area contributed by atoms with Gasteiger partial charge in [0.05, 0.1) is 6.04 Å². The van der Waals surface area contributed by atoms with Gasteiger partial charge in [0.25, 0.3) is 0 Å². The summed E-state index contributed by atoms with van der Waals surface area (Å²) in [5.41, 5.74) is 7.13. The normalized spacial score (nSPS) is 12.1. The molecular weight excluding hydrogens is 256 g/mol. The van der Waals surface area contributed by atoms with Gasteiger partial charge in [0.15, 0.2) is 0 Å². The lowest BCUT2D eigenvalue weighted by molar-refractivity contribution is -0.122. The third kappa shape index (κ3) is 7.23. The SMILES string of the molecule is CCSCCC(N)C(=O)NCCCc1ccccc1. The van der Waals surface area contributed by atoms with Gasteiger partial charge in [-0.2, -0.15) is 11.8 Å². The minimum Gasteiger partial charge on any atom is -0.355 e. The summed E-state index contributed by atoms with van der Waals surface area (Å²) in [6.07, 6.45) is 2.69. The highest BCUT2D eigenvalue weighted by Crippen LogP contribution is 2.03. The number of hydrogen-bond acceptors (Lipinski definition) is 3. The van der Waals surface area contributed by atoms with E-state index in [-0.39, 0.29) is 11.9 Å². The predicted octanol–water partition coefficient (Wildman–Crippen LogP) is 2.21. The van der Waals surface area contributed by atoms with E-state index >= 15 is 0 Å². The molecule has 1 aromatic carbocycles. The summed E-state index contributed by atoms with van der Waals surface area (Å²) in [7, 11) is 0. The molecule has 0 saturated carbocycles. The van der Waals surface area contributed by atoms with Crippen LogP contribution < -0.4 is 11.1 Å². The third-order valence-corrected chi connectivity index (χ3v) is 3.83. The molecule has 1 amide bonds. The summed E-state index contributed by atoms with van der Waals surface area (Å²) in [5, 5.41) is 2.91. The van der Waals surface area contributed by atoms with Gasteiger partial charge in [0.2, 0.25) is 5.91 Å². The van der Waals surface area contributed by atoms with E-state index in [0.717, 1.165) is 30.8 Å². The highest BCUT2D eigenvalue weighted by Gasteiger charge is 2.11. The molecule has 0 spiro atoms. The number of aryl methyl sites for hydroxylation is 1. The second-order valence-electron chi connectivity index (χ2n) is 4.47. The lowest BCUT2D eigenvalue weighted by atomic mass is 10.1. The number of nitrogens with two attached hydrogens (primary N) is 1. The van der Waals surface area contributed by atoms with Crippen LogP contribution in [0.25, 0.3) is 0 Å². The van der Waals surface area contributed by atoms with E-state index in [1.54, 1.807) is 0 Å². The monoisotopic (exact) mass is 280 g/mol. The van der Waals surface area contributed by atoms with Gasteiger partial charge in [0, 0.05) is 6.54 Å². The Morgan fingerprint density at radius 2 is 2.11 bits per heavy atom. The molecule has 0 radical (unpaired) electrons. The average Bonchev–Trinajstić information content (AvgIpc) is 2.44. The molecule has 0 heterocycles. The number of hydrogen-bond donors (Lipinski definition) is 2. The minimum atomic E-state index is -0.365. The largest absolute Gasteiger partial charge is 0.355 e. The first-order valence-corrected chi connectivity index (χ1v) is 8.04. The molecule has 19 heavy (non-hydrogen) atoms. The standard InChI is InChI=1S/C15H24N2OS/c1-2-19-12-10-14(16)15(18)17-11-6-9-13-7-4-3-5-8-13/h3-5,7-8,14H,2,6,9-12,16H2,1H3,(H,17,18). The molecule has 0 saturated heterocycles. The van der Waals surface area contributed by atoms with E-state index in [0.29, 0.717) is 6.54 Å². The summed E-state index contributed by atoms with van der Waals surface area (Å²) in [5.74, 6) is 2.00. The van der Waals surface area contributed by atoms with Crippen molar-refractivity contribution in [3.05, 3.63) is 35.9 Å². The molecule has 1 rings (SSSR count). The molecule has 0 aliphatic rings. The number of thioether (sulfide) groups is 1. The molecule has 3 nitrogen and oxygen atoms in total. The molecule has 0 aromatic heterocycles. The van der Waals surface area contributed by atoms with Crippen molar-refractivity contribution in [3.63, 3.8) is 0 Å². The lowest BCUT2D eigenvalue weighted by Crippen LogP contribution is -2.41. The molecule has 4 heteroatoms. The van der Waals surface area contributed by atoms with Crippen LogP contribution >= 0.6 is 11.8 Å². The van der Waals surface area contributed by atoms with Crippen LogP contribution in [0.4, 0.5) is 0 Å². The molecule has 1 atom stereocenters. The van der Waals surface area contributed by atoms with Crippen LogP contribution in [0.15, 0.2) is 30.3 Å². The van der Waals surface area contributed by atoms with Gasteiger partial charge in [-0.1, -0.05) is 37.3 Å². The van der Waals surface area contributed by atoms with Crippen LogP contribution in [-0.4, -0.2) is 30.0 Å². The van der Waals surface area contributed by atoms with Crippen LogP contribution in [0.2, 0.25) is 0 Å². The van der Waals surface area contributed by atoms with Crippen LogP contribution in [0.5, 0.6) is 0 Å². The zero-order chi connectivity index (χ0) is 13.9. The third-order valence-electron chi connectivity index (χ3n) is 2.90. The Hall–Kier alpha value is -1.00. The first-order chi connectivity index (χ1) is 9.24. The van der Waals surface area contributed by atoms with E-state index < -0.39 is 0 Å². The second kappa shape index (κ2) is 9.87. The number of benzene rings is 1. The van der Waals surface area contributed by atoms with Crippen molar-refractivity contribution in [1.82, 2.24) is 5.32 Å². The Morgan fingerprint density at radius 3 is 2.79 bits per heavy atom. The highest BCUT2D eigenvalue weighted by molar-refractivity contribution is 7.99. The topological polar surface area (TPSA) is 55.1 Å². The van der Waals surface area contributed by atoms with E-state index in [4.69, 9.17) is 5.73 Å². The molecule has 0 bridgehead atoms. The van der Waals surface area contributed by atoms with E-state index in [1.165, 1.54) is 5.56 Å². The number of carbonyl (C=O) groups excluding carboxylic acids is 1. The van der Waals surface area contributed by atoms with E-state index in [9.17, 15) is 4.79 Å². The Morgan fingerprint density at radius 1 is 1.37 bits per heavy atom. The zero-order valence-corrected chi connectivity index (χ0v) is 12.4. The van der Waals surface area contributed by atoms with Crippen LogP contribution in [-0.2, 0) is 11.2 Å². The maximum absolute atomic E-state index is 11.7. The van der Waals surface area contributed by atoms with E-state index in [2.05, 4.69) is 24.4 Å². The molecule has 0 aliphatic heterocycles. The Bertz CT molecular complexity index is 356. The Balaban J connectivity index is 2.09. The molecule has 3 N–H and O–H groups in total. The van der Waals surface area contributed by atoms with Gasteiger partial charge >= 0.3 is 0 Å². The summed E-state index contributed by atoms with van der Waals surface area (Å²) in [6, 6.07) is 9.93. The fourth-order valence-electron chi connectivity index (χ4n) is 1.77. The summed E-state index contributed by atoms with van der Waals surface area (Å²) >= 11 is 1.82. The number of carbonyl (C=O) groups is 1. The van der Waals surface area contributed by atoms with Crippen molar-refractivity contribution in [3.8, 4) is 0 Å². The molecule has 0 aliphatic carbocycles. The summed E-state index contributed by atoms with van der Waals surface area (Å²) in [4.78, 5) is 11.7. The maximum Gasteiger partial charge on any atom is 0.236 e. The van der Waals surface area contributed by atoms with Gasteiger partial charge in [-0.15, -0.1) is 0 Å². The highest BCUT2D eigenvalue weighted by atomic mass is 32.2. The quantitative estimate of drug-likeness (QED) is 0.682. The Labute approximate surface area is 120 Å². The van der Waals surface area contributed by atoms with Gasteiger partial charge < -0.3 is 11.1 Å². The van der Waals surface area contributed by atoms with Crippen molar-refractivity contribution >= 4 is 17.7 Å². The lowest BCUT2D eigenvalue weighted by Gasteiger charge is -2.11. The van der Waals surface area contributed by atoms with Crippen molar-refractivity contribution in [2.75, 3.05) is 18.1 Å². The average molecular weight is 280 g/mol. The van der Waals surface area contributed by atoms with Crippen LogP contribution in [0, 0.1) is 0 Å². The van der Waals surface area contributed by atoms with Crippen LogP contribution in [0.1, 0.15) is 25.3 Å². The number of nitrogens with one attached hydrogen (secondary N) is 1.